The van der Waals surface area contributed by atoms with Gasteiger partial charge in [-0.25, -0.2) is 0 Å². The van der Waals surface area contributed by atoms with Gasteiger partial charge in [0.1, 0.15) is 0 Å². The highest BCUT2D eigenvalue weighted by Crippen LogP contribution is 2.18. The molecule has 1 aliphatic rings. The molecule has 0 N–H and O–H groups in total. The van der Waals surface area contributed by atoms with Crippen molar-refractivity contribution in [2.45, 2.75) is 12.8 Å². The summed E-state index contributed by atoms with van der Waals surface area (Å²) in [5.41, 5.74) is 0. The number of rotatable bonds is 6. The van der Waals surface area contributed by atoms with E-state index < -0.39 is 8.80 Å². The fourth-order valence-electron chi connectivity index (χ4n) is 2.80. The van der Waals surface area contributed by atoms with Gasteiger partial charge in [0.25, 0.3) is 0 Å². The Kier molecular flexibility index (Phi) is 5.74. The van der Waals surface area contributed by atoms with Gasteiger partial charge >= 0.3 is 8.80 Å². The molecule has 1 aromatic rings. The standard InChI is InChI=1S/C15H25NO3Si/c1-16-11-7-8-14(12-16)13-19-20(17-2,18-3)15-9-5-4-6-10-15/h4-6,9-10,14H,7-8,11-13H2,1-3H3. The summed E-state index contributed by atoms with van der Waals surface area (Å²) < 4.78 is 17.5. The number of hydrogen-bond acceptors (Lipinski definition) is 4. The van der Waals surface area contributed by atoms with Crippen LogP contribution in [0.4, 0.5) is 0 Å². The fraction of sp³-hybridized carbons (Fsp3) is 0.600. The van der Waals surface area contributed by atoms with Gasteiger partial charge in [-0.05, 0) is 32.4 Å². The van der Waals surface area contributed by atoms with Crippen molar-refractivity contribution in [3.63, 3.8) is 0 Å². The van der Waals surface area contributed by atoms with E-state index in [1.807, 2.05) is 30.3 Å². The van der Waals surface area contributed by atoms with E-state index in [4.69, 9.17) is 13.3 Å². The average molecular weight is 295 g/mol. The molecule has 1 saturated heterocycles. The third-order valence-corrected chi connectivity index (χ3v) is 6.56. The maximum atomic E-state index is 6.17. The van der Waals surface area contributed by atoms with E-state index in [-0.39, 0.29) is 0 Å². The number of hydrogen-bond donors (Lipinski definition) is 0. The molecule has 0 spiro atoms. The lowest BCUT2D eigenvalue weighted by atomic mass is 10.00. The summed E-state index contributed by atoms with van der Waals surface area (Å²) in [6, 6.07) is 10.0. The minimum Gasteiger partial charge on any atom is -0.373 e. The van der Waals surface area contributed by atoms with Crippen LogP contribution in [-0.4, -0.2) is 54.7 Å². The second kappa shape index (κ2) is 7.33. The number of nitrogens with zero attached hydrogens (tertiary/aromatic N) is 1. The Bertz CT molecular complexity index is 397. The van der Waals surface area contributed by atoms with Gasteiger partial charge in [0.2, 0.25) is 0 Å². The van der Waals surface area contributed by atoms with Gasteiger partial charge in [-0.15, -0.1) is 0 Å². The van der Waals surface area contributed by atoms with Crippen LogP contribution in [0, 0.1) is 5.92 Å². The normalized spacial score (nSPS) is 21.1. The first-order chi connectivity index (χ1) is 9.70. The van der Waals surface area contributed by atoms with Gasteiger partial charge in [0.15, 0.2) is 0 Å². The van der Waals surface area contributed by atoms with Crippen LogP contribution in [0.15, 0.2) is 30.3 Å². The van der Waals surface area contributed by atoms with Crippen LogP contribution in [-0.2, 0) is 13.3 Å². The smallest absolute Gasteiger partial charge is 0.373 e. The lowest BCUT2D eigenvalue weighted by molar-refractivity contribution is 0.0748. The number of piperidine rings is 1. The van der Waals surface area contributed by atoms with Crippen LogP contribution in [0.5, 0.6) is 0 Å². The van der Waals surface area contributed by atoms with Crippen molar-refractivity contribution in [3.05, 3.63) is 30.3 Å². The van der Waals surface area contributed by atoms with Gasteiger partial charge < -0.3 is 18.2 Å². The molecule has 4 nitrogen and oxygen atoms in total. The molecule has 1 aliphatic heterocycles. The van der Waals surface area contributed by atoms with Crippen molar-refractivity contribution in [1.29, 1.82) is 0 Å². The molecular formula is C15H25NO3Si. The highest BCUT2D eigenvalue weighted by molar-refractivity contribution is 6.75. The Hall–Kier alpha value is -0.723. The van der Waals surface area contributed by atoms with Gasteiger partial charge in [-0.3, -0.25) is 0 Å². The van der Waals surface area contributed by atoms with Gasteiger partial charge in [0, 0.05) is 32.6 Å². The Labute approximate surface area is 123 Å². The van der Waals surface area contributed by atoms with Crippen LogP contribution < -0.4 is 5.19 Å². The Morgan fingerprint density at radius 2 is 1.90 bits per heavy atom. The molecule has 1 unspecified atom stereocenters. The Morgan fingerprint density at radius 1 is 1.20 bits per heavy atom. The maximum Gasteiger partial charge on any atom is 0.536 e. The summed E-state index contributed by atoms with van der Waals surface area (Å²) >= 11 is 0. The summed E-state index contributed by atoms with van der Waals surface area (Å²) in [4.78, 5) is 2.36. The summed E-state index contributed by atoms with van der Waals surface area (Å²) in [6.45, 7) is 2.98. The van der Waals surface area contributed by atoms with E-state index in [1.54, 1.807) is 14.2 Å². The molecular weight excluding hydrogens is 270 g/mol. The lowest BCUT2D eigenvalue weighted by Gasteiger charge is -2.33. The van der Waals surface area contributed by atoms with Crippen molar-refractivity contribution in [2.24, 2.45) is 5.92 Å². The topological polar surface area (TPSA) is 30.9 Å². The Morgan fingerprint density at radius 3 is 2.50 bits per heavy atom. The van der Waals surface area contributed by atoms with Crippen LogP contribution in [0.2, 0.25) is 0 Å². The zero-order valence-electron chi connectivity index (χ0n) is 12.7. The minimum atomic E-state index is -2.74. The molecule has 0 amide bonds. The van der Waals surface area contributed by atoms with Crippen molar-refractivity contribution in [3.8, 4) is 0 Å². The molecule has 1 atom stereocenters. The van der Waals surface area contributed by atoms with Gasteiger partial charge in [-0.1, -0.05) is 30.3 Å². The van der Waals surface area contributed by atoms with E-state index in [1.165, 1.54) is 19.4 Å². The number of likely N-dealkylation sites (tertiary alicyclic amines) is 1. The molecule has 1 fully saturated rings. The van der Waals surface area contributed by atoms with Crippen LogP contribution in [0.3, 0.4) is 0 Å². The minimum absolute atomic E-state index is 0.564. The van der Waals surface area contributed by atoms with Crippen LogP contribution in [0.1, 0.15) is 12.8 Å². The second-order valence-corrected chi connectivity index (χ2v) is 8.21. The first-order valence-electron chi connectivity index (χ1n) is 7.18. The van der Waals surface area contributed by atoms with Crippen molar-refractivity contribution in [1.82, 2.24) is 4.90 Å². The third-order valence-electron chi connectivity index (χ3n) is 3.90. The van der Waals surface area contributed by atoms with Gasteiger partial charge in [-0.2, -0.15) is 0 Å². The highest BCUT2D eigenvalue weighted by Gasteiger charge is 2.42. The quantitative estimate of drug-likeness (QED) is 0.744. The zero-order chi connectivity index (χ0) is 14.4. The molecule has 2 rings (SSSR count). The van der Waals surface area contributed by atoms with E-state index in [2.05, 4.69) is 11.9 Å². The molecule has 5 heteroatoms. The largest absolute Gasteiger partial charge is 0.536 e. The fourth-order valence-corrected chi connectivity index (χ4v) is 4.90. The first kappa shape index (κ1) is 15.7. The molecule has 0 radical (unpaired) electrons. The monoisotopic (exact) mass is 295 g/mol. The summed E-state index contributed by atoms with van der Waals surface area (Å²) in [6.07, 6.45) is 2.46. The highest BCUT2D eigenvalue weighted by atomic mass is 28.4. The van der Waals surface area contributed by atoms with Crippen molar-refractivity contribution in [2.75, 3.05) is 41.0 Å². The molecule has 0 aromatic heterocycles. The van der Waals surface area contributed by atoms with E-state index in [0.29, 0.717) is 12.5 Å². The molecule has 1 heterocycles. The van der Waals surface area contributed by atoms with Crippen molar-refractivity contribution < 1.29 is 13.3 Å². The zero-order valence-corrected chi connectivity index (χ0v) is 13.7. The predicted molar refractivity (Wildman–Crippen MR) is 82.0 cm³/mol. The predicted octanol–water partition coefficient (Wildman–Crippen LogP) is 1.48. The first-order valence-corrected chi connectivity index (χ1v) is 8.91. The summed E-state index contributed by atoms with van der Waals surface area (Å²) in [7, 11) is 2.78. The molecule has 0 saturated carbocycles. The third kappa shape index (κ3) is 3.68. The average Bonchev–Trinajstić information content (AvgIpc) is 2.50. The second-order valence-electron chi connectivity index (χ2n) is 5.41. The Balaban J connectivity index is 2.02. The molecule has 0 aliphatic carbocycles. The molecule has 1 aromatic carbocycles. The summed E-state index contributed by atoms with van der Waals surface area (Å²) in [5.74, 6) is 0.564. The van der Waals surface area contributed by atoms with E-state index in [0.717, 1.165) is 11.7 Å². The van der Waals surface area contributed by atoms with Crippen LogP contribution in [0.25, 0.3) is 0 Å². The molecule has 20 heavy (non-hydrogen) atoms. The van der Waals surface area contributed by atoms with E-state index >= 15 is 0 Å². The lowest BCUT2D eigenvalue weighted by Crippen LogP contribution is -2.56. The molecule has 112 valence electrons. The van der Waals surface area contributed by atoms with Crippen LogP contribution >= 0.6 is 0 Å². The summed E-state index contributed by atoms with van der Waals surface area (Å²) in [5, 5.41) is 1.02. The molecule has 0 bridgehead atoms. The maximum absolute atomic E-state index is 6.17. The SMILES string of the molecule is CO[Si](OC)(OCC1CCCN(C)C1)c1ccccc1. The number of benzene rings is 1. The van der Waals surface area contributed by atoms with Gasteiger partial charge in [0.05, 0.1) is 0 Å². The van der Waals surface area contributed by atoms with Crippen molar-refractivity contribution >= 4 is 14.0 Å². The van der Waals surface area contributed by atoms with E-state index in [9.17, 15) is 0 Å².